The largest absolute Gasteiger partial charge is 0.486 e. The molecule has 5 heteroatoms. The highest BCUT2D eigenvalue weighted by Crippen LogP contribution is 2.38. The highest BCUT2D eigenvalue weighted by Gasteiger charge is 2.27. The Kier molecular flexibility index (Phi) is 5.24. The van der Waals surface area contributed by atoms with Crippen molar-refractivity contribution >= 4 is 6.09 Å². The van der Waals surface area contributed by atoms with Crippen LogP contribution in [-0.2, 0) is 17.7 Å². The smallest absolute Gasteiger partial charge is 0.407 e. The first-order valence-electron chi connectivity index (χ1n) is 9.18. The van der Waals surface area contributed by atoms with Crippen molar-refractivity contribution < 1.29 is 18.7 Å². The number of para-hydroxylation sites is 1. The van der Waals surface area contributed by atoms with Crippen LogP contribution >= 0.6 is 0 Å². The number of ether oxygens (including phenoxy) is 2. The molecule has 4 rings (SSSR count). The highest BCUT2D eigenvalue weighted by molar-refractivity contribution is 5.73. The molecule has 1 heterocycles. The number of nitrogens with one attached hydrogen (secondary N) is 1. The van der Waals surface area contributed by atoms with Crippen molar-refractivity contribution in [1.29, 1.82) is 0 Å². The molecule has 0 bridgehead atoms. The Hall–Kier alpha value is -3.34. The van der Waals surface area contributed by atoms with Crippen LogP contribution in [0.15, 0.2) is 72.8 Å². The van der Waals surface area contributed by atoms with E-state index in [9.17, 15) is 9.18 Å². The summed E-state index contributed by atoms with van der Waals surface area (Å²) in [5.41, 5.74) is 3.64. The zero-order chi connectivity index (χ0) is 19.3. The molecule has 1 unspecified atom stereocenters. The molecule has 0 fully saturated rings. The molecule has 1 aliphatic rings. The van der Waals surface area contributed by atoms with Crippen LogP contribution in [0.5, 0.6) is 5.75 Å². The summed E-state index contributed by atoms with van der Waals surface area (Å²) in [7, 11) is 0. The van der Waals surface area contributed by atoms with E-state index < -0.39 is 6.09 Å². The Morgan fingerprint density at radius 2 is 1.89 bits per heavy atom. The van der Waals surface area contributed by atoms with Crippen LogP contribution in [-0.4, -0.2) is 18.8 Å². The third-order valence-corrected chi connectivity index (χ3v) is 4.64. The second kappa shape index (κ2) is 8.13. The number of benzene rings is 3. The average molecular weight is 377 g/mol. The molecule has 3 aromatic carbocycles. The standard InChI is InChI=1S/C23H20FNO3/c24-19-10-4-8-17(12-19)21-11-5-9-18-13-20(28-22(18)21)15-27-23(26)25-14-16-6-2-1-3-7-16/h1-12,20H,13-15H2,(H,25,26). The molecule has 4 nitrogen and oxygen atoms in total. The predicted octanol–water partition coefficient (Wildman–Crippen LogP) is 4.72. The van der Waals surface area contributed by atoms with Gasteiger partial charge in [-0.2, -0.15) is 0 Å². The summed E-state index contributed by atoms with van der Waals surface area (Å²) in [5, 5.41) is 2.73. The summed E-state index contributed by atoms with van der Waals surface area (Å²) in [5.74, 6) is 0.439. The van der Waals surface area contributed by atoms with Crippen LogP contribution in [0, 0.1) is 5.82 Å². The number of halogens is 1. The van der Waals surface area contributed by atoms with E-state index in [1.807, 2.05) is 54.6 Å². The van der Waals surface area contributed by atoms with Gasteiger partial charge in [0, 0.05) is 18.5 Å². The third kappa shape index (κ3) is 4.14. The summed E-state index contributed by atoms with van der Waals surface area (Å²) in [6.45, 7) is 0.563. The van der Waals surface area contributed by atoms with E-state index >= 15 is 0 Å². The van der Waals surface area contributed by atoms with Crippen LogP contribution < -0.4 is 10.1 Å². The van der Waals surface area contributed by atoms with E-state index in [0.717, 1.165) is 28.0 Å². The number of rotatable bonds is 5. The molecule has 0 aromatic heterocycles. The highest BCUT2D eigenvalue weighted by atomic mass is 19.1. The van der Waals surface area contributed by atoms with Gasteiger partial charge in [0.25, 0.3) is 0 Å². The van der Waals surface area contributed by atoms with Gasteiger partial charge < -0.3 is 14.8 Å². The van der Waals surface area contributed by atoms with Crippen molar-refractivity contribution in [2.24, 2.45) is 0 Å². The van der Waals surface area contributed by atoms with Crippen LogP contribution in [0.1, 0.15) is 11.1 Å². The maximum absolute atomic E-state index is 13.6. The zero-order valence-electron chi connectivity index (χ0n) is 15.2. The molecular formula is C23H20FNO3. The summed E-state index contributed by atoms with van der Waals surface area (Å²) in [6, 6.07) is 21.9. The van der Waals surface area contributed by atoms with Crippen LogP contribution in [0.3, 0.4) is 0 Å². The van der Waals surface area contributed by atoms with E-state index in [4.69, 9.17) is 9.47 Å². The zero-order valence-corrected chi connectivity index (χ0v) is 15.2. The van der Waals surface area contributed by atoms with Gasteiger partial charge in [0.05, 0.1) is 0 Å². The number of amides is 1. The second-order valence-corrected chi connectivity index (χ2v) is 6.69. The molecule has 28 heavy (non-hydrogen) atoms. The van der Waals surface area contributed by atoms with Gasteiger partial charge in [-0.3, -0.25) is 0 Å². The van der Waals surface area contributed by atoms with E-state index in [1.54, 1.807) is 6.07 Å². The van der Waals surface area contributed by atoms with Gasteiger partial charge in [-0.15, -0.1) is 0 Å². The van der Waals surface area contributed by atoms with Gasteiger partial charge in [-0.25, -0.2) is 9.18 Å². The van der Waals surface area contributed by atoms with Crippen LogP contribution in [0.4, 0.5) is 9.18 Å². The van der Waals surface area contributed by atoms with E-state index in [0.29, 0.717) is 13.0 Å². The fourth-order valence-electron chi connectivity index (χ4n) is 3.30. The van der Waals surface area contributed by atoms with Gasteiger partial charge in [0.15, 0.2) is 0 Å². The molecule has 0 saturated carbocycles. The van der Waals surface area contributed by atoms with Crippen molar-refractivity contribution in [3.05, 3.63) is 89.7 Å². The minimum absolute atomic E-state index is 0.151. The molecule has 3 aromatic rings. The number of hydrogen-bond acceptors (Lipinski definition) is 3. The topological polar surface area (TPSA) is 47.6 Å². The first kappa shape index (κ1) is 18.0. The number of hydrogen-bond donors (Lipinski definition) is 1. The summed E-state index contributed by atoms with van der Waals surface area (Å²) in [4.78, 5) is 11.9. The van der Waals surface area contributed by atoms with Gasteiger partial charge in [0.1, 0.15) is 24.3 Å². The molecule has 1 N–H and O–H groups in total. The number of carbonyl (C=O) groups excluding carboxylic acids is 1. The Bertz CT molecular complexity index is 975. The summed E-state index contributed by atoms with van der Waals surface area (Å²) in [6.07, 6.45) is -0.0919. The molecule has 1 atom stereocenters. The minimum Gasteiger partial charge on any atom is -0.486 e. The first-order valence-corrected chi connectivity index (χ1v) is 9.18. The van der Waals surface area contributed by atoms with Crippen molar-refractivity contribution in [1.82, 2.24) is 5.32 Å². The maximum atomic E-state index is 13.6. The molecular weight excluding hydrogens is 357 g/mol. The molecule has 142 valence electrons. The SMILES string of the molecule is O=C(NCc1ccccc1)OCC1Cc2cccc(-c3cccc(F)c3)c2O1. The first-order chi connectivity index (χ1) is 13.7. The fourth-order valence-corrected chi connectivity index (χ4v) is 3.30. The van der Waals surface area contributed by atoms with Gasteiger partial charge >= 0.3 is 6.09 Å². The molecule has 0 spiro atoms. The van der Waals surface area contributed by atoms with E-state index in [1.165, 1.54) is 12.1 Å². The molecule has 1 aliphatic heterocycles. The maximum Gasteiger partial charge on any atom is 0.407 e. The van der Waals surface area contributed by atoms with E-state index in [-0.39, 0.29) is 18.5 Å². The predicted molar refractivity (Wildman–Crippen MR) is 105 cm³/mol. The summed E-state index contributed by atoms with van der Waals surface area (Å²) >= 11 is 0. The van der Waals surface area contributed by atoms with Crippen LogP contribution in [0.2, 0.25) is 0 Å². The number of carbonyl (C=O) groups is 1. The van der Waals surface area contributed by atoms with Crippen molar-refractivity contribution in [2.75, 3.05) is 6.61 Å². The Balaban J connectivity index is 1.35. The van der Waals surface area contributed by atoms with Gasteiger partial charge in [-0.05, 0) is 28.8 Å². The fraction of sp³-hybridized carbons (Fsp3) is 0.174. The lowest BCUT2D eigenvalue weighted by molar-refractivity contribution is 0.0924. The Labute approximate surface area is 162 Å². The Morgan fingerprint density at radius 1 is 1.07 bits per heavy atom. The van der Waals surface area contributed by atoms with Crippen molar-refractivity contribution in [3.63, 3.8) is 0 Å². The lowest BCUT2D eigenvalue weighted by Crippen LogP contribution is -2.29. The lowest BCUT2D eigenvalue weighted by atomic mass is 10.0. The second-order valence-electron chi connectivity index (χ2n) is 6.69. The monoisotopic (exact) mass is 377 g/mol. The molecule has 0 radical (unpaired) electrons. The minimum atomic E-state index is -0.478. The van der Waals surface area contributed by atoms with Gasteiger partial charge in [0.2, 0.25) is 0 Å². The normalized spacial score (nSPS) is 14.8. The lowest BCUT2D eigenvalue weighted by Gasteiger charge is -2.13. The van der Waals surface area contributed by atoms with Crippen molar-refractivity contribution in [2.45, 2.75) is 19.1 Å². The number of fused-ring (bicyclic) bond motifs is 1. The van der Waals surface area contributed by atoms with Crippen molar-refractivity contribution in [3.8, 4) is 16.9 Å². The Morgan fingerprint density at radius 3 is 2.71 bits per heavy atom. The van der Waals surface area contributed by atoms with Crippen LogP contribution in [0.25, 0.3) is 11.1 Å². The van der Waals surface area contributed by atoms with Gasteiger partial charge in [-0.1, -0.05) is 60.7 Å². The van der Waals surface area contributed by atoms with E-state index in [2.05, 4.69) is 5.32 Å². The quantitative estimate of drug-likeness (QED) is 0.700. The molecule has 0 saturated heterocycles. The average Bonchev–Trinajstić information content (AvgIpc) is 3.14. The summed E-state index contributed by atoms with van der Waals surface area (Å²) < 4.78 is 24.9. The third-order valence-electron chi connectivity index (χ3n) is 4.64. The number of alkyl carbamates (subject to hydrolysis) is 1. The molecule has 0 aliphatic carbocycles. The molecule has 1 amide bonds.